The predicted molar refractivity (Wildman–Crippen MR) is 65.6 cm³/mol. The summed E-state index contributed by atoms with van der Waals surface area (Å²) >= 11 is 0. The van der Waals surface area contributed by atoms with E-state index in [9.17, 15) is 4.79 Å². The topological polar surface area (TPSA) is 35.5 Å². The van der Waals surface area contributed by atoms with Crippen LogP contribution in [0.5, 0.6) is 11.5 Å². The van der Waals surface area contributed by atoms with Crippen LogP contribution in [0.4, 0.5) is 0 Å². The maximum Gasteiger partial charge on any atom is 0.164 e. The molecule has 1 aromatic rings. The third-order valence-corrected chi connectivity index (χ3v) is 2.88. The maximum absolute atomic E-state index is 11.2. The van der Waals surface area contributed by atoms with Gasteiger partial charge in [0.2, 0.25) is 0 Å². The first kappa shape index (κ1) is 12.0. The summed E-state index contributed by atoms with van der Waals surface area (Å²) in [5.41, 5.74) is 0.914. The summed E-state index contributed by atoms with van der Waals surface area (Å²) in [6.45, 7) is 2.31. The van der Waals surface area contributed by atoms with Crippen molar-refractivity contribution in [2.24, 2.45) is 5.92 Å². The van der Waals surface area contributed by atoms with Gasteiger partial charge in [0, 0.05) is 12.0 Å². The van der Waals surface area contributed by atoms with Crippen LogP contribution in [0.2, 0.25) is 0 Å². The number of para-hydroxylation sites is 1. The van der Waals surface area contributed by atoms with Gasteiger partial charge < -0.3 is 9.47 Å². The van der Waals surface area contributed by atoms with Crippen LogP contribution in [-0.4, -0.2) is 19.5 Å². The number of carbonyl (C=O) groups excluding carboxylic acids is 1. The van der Waals surface area contributed by atoms with Crippen LogP contribution in [0, 0.1) is 5.92 Å². The van der Waals surface area contributed by atoms with E-state index in [1.54, 1.807) is 14.0 Å². The first-order valence-corrected chi connectivity index (χ1v) is 5.99. The number of rotatable bonds is 6. The van der Waals surface area contributed by atoms with E-state index >= 15 is 0 Å². The lowest BCUT2D eigenvalue weighted by atomic mass is 10.1. The molecule has 0 radical (unpaired) electrons. The minimum atomic E-state index is 0.134. The SMILES string of the molecule is COc1cccc(CC(C)=O)c1OCC1CC1. The van der Waals surface area contributed by atoms with E-state index in [2.05, 4.69) is 0 Å². The van der Waals surface area contributed by atoms with Gasteiger partial charge in [-0.15, -0.1) is 0 Å². The van der Waals surface area contributed by atoms with Gasteiger partial charge in [-0.25, -0.2) is 0 Å². The zero-order valence-corrected chi connectivity index (χ0v) is 10.4. The second-order valence-electron chi connectivity index (χ2n) is 4.58. The number of ketones is 1. The van der Waals surface area contributed by atoms with Gasteiger partial charge >= 0.3 is 0 Å². The monoisotopic (exact) mass is 234 g/mol. The Kier molecular flexibility index (Phi) is 3.67. The highest BCUT2D eigenvalue weighted by atomic mass is 16.5. The smallest absolute Gasteiger partial charge is 0.164 e. The lowest BCUT2D eigenvalue weighted by Crippen LogP contribution is -2.06. The maximum atomic E-state index is 11.2. The Morgan fingerprint density at radius 1 is 1.41 bits per heavy atom. The lowest BCUT2D eigenvalue weighted by molar-refractivity contribution is -0.116. The quantitative estimate of drug-likeness (QED) is 0.759. The molecule has 2 rings (SSSR count). The van der Waals surface area contributed by atoms with Crippen molar-refractivity contribution in [1.29, 1.82) is 0 Å². The second kappa shape index (κ2) is 5.21. The molecule has 3 nitrogen and oxygen atoms in total. The first-order valence-electron chi connectivity index (χ1n) is 5.99. The summed E-state index contributed by atoms with van der Waals surface area (Å²) < 4.78 is 11.1. The van der Waals surface area contributed by atoms with Gasteiger partial charge in [0.1, 0.15) is 5.78 Å². The molecule has 92 valence electrons. The minimum Gasteiger partial charge on any atom is -0.493 e. The summed E-state index contributed by atoms with van der Waals surface area (Å²) in [6, 6.07) is 5.68. The zero-order chi connectivity index (χ0) is 12.3. The fourth-order valence-corrected chi connectivity index (χ4v) is 1.78. The molecule has 0 spiro atoms. The zero-order valence-electron chi connectivity index (χ0n) is 10.4. The molecule has 0 unspecified atom stereocenters. The van der Waals surface area contributed by atoms with Gasteiger partial charge in [0.25, 0.3) is 0 Å². The molecule has 1 aliphatic carbocycles. The number of methoxy groups -OCH3 is 1. The van der Waals surface area contributed by atoms with E-state index in [1.807, 2.05) is 18.2 Å². The lowest BCUT2D eigenvalue weighted by Gasteiger charge is -2.14. The van der Waals surface area contributed by atoms with Crippen LogP contribution in [0.3, 0.4) is 0 Å². The third-order valence-electron chi connectivity index (χ3n) is 2.88. The number of Topliss-reactive ketones (excluding diaryl/α,β-unsaturated/α-hetero) is 1. The molecule has 1 fully saturated rings. The fourth-order valence-electron chi connectivity index (χ4n) is 1.78. The molecule has 0 saturated heterocycles. The van der Waals surface area contributed by atoms with Gasteiger partial charge in [0.15, 0.2) is 11.5 Å². The van der Waals surface area contributed by atoms with Gasteiger partial charge in [-0.2, -0.15) is 0 Å². The van der Waals surface area contributed by atoms with E-state index in [0.717, 1.165) is 17.9 Å². The molecule has 1 aromatic carbocycles. The standard InChI is InChI=1S/C14H18O3/c1-10(15)8-12-4-3-5-13(16-2)14(12)17-9-11-6-7-11/h3-5,11H,6-9H2,1-2H3. The number of carbonyl (C=O) groups is 1. The summed E-state index contributed by atoms with van der Waals surface area (Å²) in [5, 5.41) is 0. The van der Waals surface area contributed by atoms with Crippen LogP contribution in [0.25, 0.3) is 0 Å². The van der Waals surface area contributed by atoms with E-state index in [4.69, 9.17) is 9.47 Å². The van der Waals surface area contributed by atoms with Gasteiger partial charge in [-0.05, 0) is 31.7 Å². The second-order valence-corrected chi connectivity index (χ2v) is 4.58. The van der Waals surface area contributed by atoms with Crippen molar-refractivity contribution < 1.29 is 14.3 Å². The van der Waals surface area contributed by atoms with Crippen LogP contribution < -0.4 is 9.47 Å². The molecule has 0 heterocycles. The van der Waals surface area contributed by atoms with Gasteiger partial charge in [0.05, 0.1) is 13.7 Å². The van der Waals surface area contributed by atoms with Crippen molar-refractivity contribution in [2.75, 3.05) is 13.7 Å². The highest BCUT2D eigenvalue weighted by Gasteiger charge is 2.23. The number of benzene rings is 1. The Morgan fingerprint density at radius 3 is 2.76 bits per heavy atom. The van der Waals surface area contributed by atoms with Crippen molar-refractivity contribution in [2.45, 2.75) is 26.2 Å². The minimum absolute atomic E-state index is 0.134. The predicted octanol–water partition coefficient (Wildman–Crippen LogP) is 2.62. The molecule has 0 atom stereocenters. The molecule has 0 aromatic heterocycles. The Bertz CT molecular complexity index is 408. The first-order chi connectivity index (χ1) is 8.20. The molecule has 3 heteroatoms. The van der Waals surface area contributed by atoms with E-state index in [0.29, 0.717) is 18.1 Å². The molecule has 0 aliphatic heterocycles. The normalized spacial score (nSPS) is 14.5. The highest BCUT2D eigenvalue weighted by Crippen LogP contribution is 2.35. The van der Waals surface area contributed by atoms with Crippen LogP contribution in [0.1, 0.15) is 25.3 Å². The van der Waals surface area contributed by atoms with Crippen molar-refractivity contribution >= 4 is 5.78 Å². The molecule has 0 bridgehead atoms. The van der Waals surface area contributed by atoms with E-state index < -0.39 is 0 Å². The average Bonchev–Trinajstić information content (AvgIpc) is 3.10. The van der Waals surface area contributed by atoms with Crippen molar-refractivity contribution in [1.82, 2.24) is 0 Å². The molecule has 0 N–H and O–H groups in total. The van der Waals surface area contributed by atoms with Crippen LogP contribution >= 0.6 is 0 Å². The number of hydrogen-bond acceptors (Lipinski definition) is 3. The third kappa shape index (κ3) is 3.22. The van der Waals surface area contributed by atoms with Crippen molar-refractivity contribution in [3.63, 3.8) is 0 Å². The van der Waals surface area contributed by atoms with Crippen molar-refractivity contribution in [3.05, 3.63) is 23.8 Å². The Labute approximate surface area is 102 Å². The fraction of sp³-hybridized carbons (Fsp3) is 0.500. The molecule has 1 aliphatic rings. The molecule has 0 amide bonds. The van der Waals surface area contributed by atoms with Crippen molar-refractivity contribution in [3.8, 4) is 11.5 Å². The average molecular weight is 234 g/mol. The van der Waals surface area contributed by atoms with Crippen LogP contribution in [-0.2, 0) is 11.2 Å². The van der Waals surface area contributed by atoms with Gasteiger partial charge in [-0.1, -0.05) is 12.1 Å². The number of ether oxygens (including phenoxy) is 2. The largest absolute Gasteiger partial charge is 0.493 e. The molecule has 17 heavy (non-hydrogen) atoms. The van der Waals surface area contributed by atoms with Gasteiger partial charge in [-0.3, -0.25) is 4.79 Å². The summed E-state index contributed by atoms with van der Waals surface area (Å²) in [5.74, 6) is 2.26. The van der Waals surface area contributed by atoms with E-state index in [-0.39, 0.29) is 5.78 Å². The highest BCUT2D eigenvalue weighted by molar-refractivity contribution is 5.79. The Hall–Kier alpha value is -1.51. The Balaban J connectivity index is 2.18. The number of hydrogen-bond donors (Lipinski definition) is 0. The molecule has 1 saturated carbocycles. The summed E-state index contributed by atoms with van der Waals surface area (Å²) in [6.07, 6.45) is 2.89. The van der Waals surface area contributed by atoms with E-state index in [1.165, 1.54) is 12.8 Å². The molecular weight excluding hydrogens is 216 g/mol. The summed E-state index contributed by atoms with van der Waals surface area (Å²) in [4.78, 5) is 11.2. The Morgan fingerprint density at radius 2 is 2.18 bits per heavy atom. The van der Waals surface area contributed by atoms with Crippen LogP contribution in [0.15, 0.2) is 18.2 Å². The molecular formula is C14H18O3. The summed E-state index contributed by atoms with van der Waals surface area (Å²) in [7, 11) is 1.62.